The summed E-state index contributed by atoms with van der Waals surface area (Å²) in [5.74, 6) is 1.15. The van der Waals surface area contributed by atoms with E-state index in [4.69, 9.17) is 4.42 Å². The molecule has 0 aliphatic heterocycles. The van der Waals surface area contributed by atoms with Crippen molar-refractivity contribution in [3.8, 4) is 11.4 Å². The van der Waals surface area contributed by atoms with Crippen LogP contribution in [0.15, 0.2) is 77.2 Å². The third-order valence-electron chi connectivity index (χ3n) is 6.26. The van der Waals surface area contributed by atoms with Gasteiger partial charge in [0.2, 0.25) is 0 Å². The Labute approximate surface area is 168 Å². The van der Waals surface area contributed by atoms with E-state index in [1.54, 1.807) is 0 Å². The first-order chi connectivity index (χ1) is 14.2. The molecule has 0 unspecified atom stereocenters. The van der Waals surface area contributed by atoms with Crippen LogP contribution < -0.4 is 4.57 Å². The first-order valence-corrected chi connectivity index (χ1v) is 9.93. The Balaban J connectivity index is 1.91. The Kier molecular flexibility index (Phi) is 3.22. The van der Waals surface area contributed by atoms with Crippen molar-refractivity contribution in [1.82, 2.24) is 4.57 Å². The van der Waals surface area contributed by atoms with Gasteiger partial charge in [-0.05, 0) is 41.5 Å². The second kappa shape index (κ2) is 5.71. The molecule has 0 spiro atoms. The summed E-state index contributed by atoms with van der Waals surface area (Å²) in [6, 6.07) is 25.5. The van der Waals surface area contributed by atoms with Crippen LogP contribution >= 0.6 is 0 Å². The van der Waals surface area contributed by atoms with Gasteiger partial charge < -0.3 is 4.42 Å². The van der Waals surface area contributed by atoms with Gasteiger partial charge in [-0.25, -0.2) is 9.13 Å². The molecular formula is C26H21N2O+. The van der Waals surface area contributed by atoms with E-state index in [2.05, 4.69) is 96.9 Å². The number of aromatic nitrogens is 2. The van der Waals surface area contributed by atoms with Gasteiger partial charge in [-0.15, -0.1) is 0 Å². The van der Waals surface area contributed by atoms with Crippen molar-refractivity contribution in [2.45, 2.75) is 6.92 Å². The molecule has 140 valence electrons. The molecule has 0 saturated heterocycles. The van der Waals surface area contributed by atoms with Crippen molar-refractivity contribution < 1.29 is 8.98 Å². The fourth-order valence-corrected chi connectivity index (χ4v) is 4.91. The van der Waals surface area contributed by atoms with Crippen LogP contribution in [0.2, 0.25) is 0 Å². The highest BCUT2D eigenvalue weighted by Crippen LogP contribution is 2.43. The fraction of sp³-hybridized carbons (Fsp3) is 0.115. The second-order valence-electron chi connectivity index (χ2n) is 7.78. The van der Waals surface area contributed by atoms with Crippen molar-refractivity contribution >= 4 is 43.7 Å². The Morgan fingerprint density at radius 1 is 0.793 bits per heavy atom. The third-order valence-corrected chi connectivity index (χ3v) is 6.26. The summed E-state index contributed by atoms with van der Waals surface area (Å²) in [7, 11) is 4.28. The van der Waals surface area contributed by atoms with Gasteiger partial charge in [0.1, 0.15) is 11.1 Å². The van der Waals surface area contributed by atoms with Crippen molar-refractivity contribution in [3.05, 3.63) is 78.4 Å². The van der Waals surface area contributed by atoms with Crippen molar-refractivity contribution in [3.63, 3.8) is 0 Å². The Morgan fingerprint density at radius 3 is 2.24 bits per heavy atom. The minimum Gasteiger partial charge on any atom is -0.455 e. The van der Waals surface area contributed by atoms with Gasteiger partial charge in [0.25, 0.3) is 5.82 Å². The lowest BCUT2D eigenvalue weighted by Crippen LogP contribution is -2.30. The van der Waals surface area contributed by atoms with E-state index in [-0.39, 0.29) is 0 Å². The maximum absolute atomic E-state index is 6.51. The zero-order chi connectivity index (χ0) is 19.7. The number of fused-ring (bicyclic) bond motifs is 6. The Bertz CT molecular complexity index is 1540. The van der Waals surface area contributed by atoms with Crippen LogP contribution in [0.5, 0.6) is 0 Å². The number of rotatable bonds is 1. The summed E-state index contributed by atoms with van der Waals surface area (Å²) in [6.07, 6.45) is 0. The summed E-state index contributed by atoms with van der Waals surface area (Å²) in [5, 5.41) is 4.88. The van der Waals surface area contributed by atoms with Crippen LogP contribution in [0.25, 0.3) is 55.1 Å². The molecule has 3 heteroatoms. The molecule has 6 rings (SSSR count). The number of hydrogen-bond donors (Lipinski definition) is 0. The van der Waals surface area contributed by atoms with E-state index in [0.29, 0.717) is 0 Å². The number of benzene rings is 4. The van der Waals surface area contributed by atoms with Crippen LogP contribution in [-0.2, 0) is 14.1 Å². The predicted octanol–water partition coefficient (Wildman–Crippen LogP) is 6.03. The van der Waals surface area contributed by atoms with Gasteiger partial charge in [-0.3, -0.25) is 0 Å². The highest BCUT2D eigenvalue weighted by atomic mass is 16.3. The average Bonchev–Trinajstić information content (AvgIpc) is 3.26. The van der Waals surface area contributed by atoms with Gasteiger partial charge in [0.15, 0.2) is 16.6 Å². The summed E-state index contributed by atoms with van der Waals surface area (Å²) >= 11 is 0. The minimum absolute atomic E-state index is 0.931. The molecule has 4 aromatic carbocycles. The van der Waals surface area contributed by atoms with E-state index in [1.165, 1.54) is 38.1 Å². The van der Waals surface area contributed by atoms with Gasteiger partial charge in [-0.2, -0.15) is 0 Å². The summed E-state index contributed by atoms with van der Waals surface area (Å²) < 4.78 is 11.1. The van der Waals surface area contributed by atoms with Crippen LogP contribution in [0.3, 0.4) is 0 Å². The lowest BCUT2D eigenvalue weighted by atomic mass is 9.94. The number of para-hydroxylation sites is 3. The molecule has 0 N–H and O–H groups in total. The highest BCUT2D eigenvalue weighted by Gasteiger charge is 2.28. The normalized spacial score (nSPS) is 12.0. The molecule has 29 heavy (non-hydrogen) atoms. The van der Waals surface area contributed by atoms with Crippen molar-refractivity contribution in [2.24, 2.45) is 14.1 Å². The van der Waals surface area contributed by atoms with Crippen LogP contribution in [0.1, 0.15) is 5.56 Å². The van der Waals surface area contributed by atoms with Crippen LogP contribution in [-0.4, -0.2) is 4.57 Å². The van der Waals surface area contributed by atoms with Crippen molar-refractivity contribution in [2.75, 3.05) is 0 Å². The molecule has 0 saturated carbocycles. The molecule has 0 radical (unpaired) electrons. The molecule has 0 atom stereocenters. The summed E-state index contributed by atoms with van der Waals surface area (Å²) in [5.41, 5.74) is 6.72. The number of nitrogens with zero attached hydrogens (tertiary/aromatic N) is 2. The molecule has 0 aliphatic rings. The van der Waals surface area contributed by atoms with Crippen LogP contribution in [0.4, 0.5) is 0 Å². The lowest BCUT2D eigenvalue weighted by molar-refractivity contribution is -0.634. The van der Waals surface area contributed by atoms with E-state index in [1.807, 2.05) is 6.07 Å². The molecule has 0 bridgehead atoms. The lowest BCUT2D eigenvalue weighted by Gasteiger charge is -2.10. The third kappa shape index (κ3) is 2.05. The Hall–Kier alpha value is -3.59. The standard InChI is InChI=1S/C26H21N2O/c1-16-17-10-4-5-11-18(17)24-19-12-6-9-15-22(19)29-25(24)23(16)26-27(2)20-13-7-8-14-21(20)28(26)3/h4-15H,1-3H3/q+1. The Morgan fingerprint density at radius 2 is 1.45 bits per heavy atom. The highest BCUT2D eigenvalue weighted by molar-refractivity contribution is 6.23. The molecule has 2 heterocycles. The molecule has 3 nitrogen and oxygen atoms in total. The number of furan rings is 1. The smallest absolute Gasteiger partial charge is 0.293 e. The number of aryl methyl sites for hydroxylation is 3. The average molecular weight is 377 g/mol. The largest absolute Gasteiger partial charge is 0.455 e. The molecule has 0 fully saturated rings. The molecule has 6 aromatic rings. The van der Waals surface area contributed by atoms with E-state index in [9.17, 15) is 0 Å². The maximum Gasteiger partial charge on any atom is 0.293 e. The minimum atomic E-state index is 0.931. The van der Waals surface area contributed by atoms with Gasteiger partial charge in [-0.1, -0.05) is 54.6 Å². The van der Waals surface area contributed by atoms with Crippen molar-refractivity contribution in [1.29, 1.82) is 0 Å². The zero-order valence-corrected chi connectivity index (χ0v) is 16.7. The summed E-state index contributed by atoms with van der Waals surface area (Å²) in [6.45, 7) is 2.21. The fourth-order valence-electron chi connectivity index (χ4n) is 4.91. The number of hydrogen-bond acceptors (Lipinski definition) is 1. The topological polar surface area (TPSA) is 21.9 Å². The molecule has 0 amide bonds. The van der Waals surface area contributed by atoms with E-state index >= 15 is 0 Å². The molecule has 2 aromatic heterocycles. The second-order valence-corrected chi connectivity index (χ2v) is 7.78. The molecular weight excluding hydrogens is 356 g/mol. The van der Waals surface area contributed by atoms with Gasteiger partial charge in [0, 0.05) is 10.8 Å². The maximum atomic E-state index is 6.51. The predicted molar refractivity (Wildman–Crippen MR) is 119 cm³/mol. The first kappa shape index (κ1) is 16.4. The zero-order valence-electron chi connectivity index (χ0n) is 16.7. The van der Waals surface area contributed by atoms with Crippen LogP contribution in [0, 0.1) is 6.92 Å². The van der Waals surface area contributed by atoms with E-state index in [0.717, 1.165) is 22.6 Å². The SMILES string of the molecule is Cc1c(-c2n(C)c3ccccc3[n+]2C)c2oc3ccccc3c2c2ccccc12. The summed E-state index contributed by atoms with van der Waals surface area (Å²) in [4.78, 5) is 0. The number of imidazole rings is 1. The quantitative estimate of drug-likeness (QED) is 0.321. The monoisotopic (exact) mass is 377 g/mol. The van der Waals surface area contributed by atoms with Gasteiger partial charge in [0.05, 0.1) is 14.1 Å². The molecule has 0 aliphatic carbocycles. The van der Waals surface area contributed by atoms with Gasteiger partial charge >= 0.3 is 0 Å². The first-order valence-electron chi connectivity index (χ1n) is 9.93. The van der Waals surface area contributed by atoms with E-state index < -0.39 is 0 Å².